The summed E-state index contributed by atoms with van der Waals surface area (Å²) in [5.74, 6) is 0. The van der Waals surface area contributed by atoms with Crippen LogP contribution in [0, 0.1) is 0 Å². The molecule has 0 bridgehead atoms. The summed E-state index contributed by atoms with van der Waals surface area (Å²) in [5, 5.41) is 0.538. The number of rotatable bonds is 6. The van der Waals surface area contributed by atoms with E-state index in [1.165, 1.54) is 25.7 Å². The molecule has 0 heterocycles. The summed E-state index contributed by atoms with van der Waals surface area (Å²) >= 11 is 4.40. The Hall–Kier alpha value is 0.310. The maximum Gasteiger partial charge on any atom is 0.00288 e. The third kappa shape index (κ3) is 6.43. The van der Waals surface area contributed by atoms with Crippen LogP contribution in [0.5, 0.6) is 0 Å². The van der Waals surface area contributed by atoms with Crippen LogP contribution in [0.3, 0.4) is 0 Å². The fraction of sp³-hybridized carbons (Fsp3) is 1.00. The molecule has 0 aromatic carbocycles. The van der Waals surface area contributed by atoms with Crippen molar-refractivity contribution in [3.63, 3.8) is 0 Å². The molecule has 0 saturated carbocycles. The maximum absolute atomic E-state index is 5.38. The molecule has 0 aliphatic rings. The SMILES string of the molecule is CCCCCC(S)CCN. The van der Waals surface area contributed by atoms with Gasteiger partial charge in [-0.1, -0.05) is 26.2 Å². The van der Waals surface area contributed by atoms with Gasteiger partial charge in [-0.2, -0.15) is 12.6 Å². The van der Waals surface area contributed by atoms with Crippen molar-refractivity contribution < 1.29 is 0 Å². The molecular formula is C8H19NS. The molecule has 0 fully saturated rings. The van der Waals surface area contributed by atoms with Gasteiger partial charge in [0.15, 0.2) is 0 Å². The van der Waals surface area contributed by atoms with Gasteiger partial charge < -0.3 is 5.73 Å². The Labute approximate surface area is 69.8 Å². The van der Waals surface area contributed by atoms with E-state index in [4.69, 9.17) is 5.73 Å². The van der Waals surface area contributed by atoms with Crippen molar-refractivity contribution in [2.75, 3.05) is 6.54 Å². The van der Waals surface area contributed by atoms with Crippen molar-refractivity contribution >= 4 is 12.6 Å². The third-order valence-electron chi connectivity index (χ3n) is 1.64. The van der Waals surface area contributed by atoms with Crippen molar-refractivity contribution in [3.05, 3.63) is 0 Å². The standard InChI is InChI=1S/C8H19NS/c1-2-3-4-5-8(10)6-7-9/h8,10H,2-7,9H2,1H3. The van der Waals surface area contributed by atoms with E-state index in [1.807, 2.05) is 0 Å². The second kappa shape index (κ2) is 7.42. The van der Waals surface area contributed by atoms with Gasteiger partial charge >= 0.3 is 0 Å². The van der Waals surface area contributed by atoms with E-state index in [0.717, 1.165) is 13.0 Å². The highest BCUT2D eigenvalue weighted by molar-refractivity contribution is 7.80. The first-order chi connectivity index (χ1) is 4.81. The molecule has 10 heavy (non-hydrogen) atoms. The van der Waals surface area contributed by atoms with Gasteiger partial charge in [-0.25, -0.2) is 0 Å². The van der Waals surface area contributed by atoms with Crippen molar-refractivity contribution in [2.45, 2.75) is 44.3 Å². The Morgan fingerprint density at radius 2 is 2.00 bits per heavy atom. The summed E-state index contributed by atoms with van der Waals surface area (Å²) in [6.45, 7) is 3.00. The second-order valence-corrected chi connectivity index (χ2v) is 3.46. The third-order valence-corrected chi connectivity index (χ3v) is 2.16. The van der Waals surface area contributed by atoms with Crippen LogP contribution in [0.25, 0.3) is 0 Å². The minimum atomic E-state index is 0.538. The Morgan fingerprint density at radius 3 is 2.50 bits per heavy atom. The fourth-order valence-corrected chi connectivity index (χ4v) is 1.30. The van der Waals surface area contributed by atoms with Crippen molar-refractivity contribution in [2.24, 2.45) is 5.73 Å². The number of unbranched alkanes of at least 4 members (excludes halogenated alkanes) is 2. The summed E-state index contributed by atoms with van der Waals surface area (Å²) in [6, 6.07) is 0. The van der Waals surface area contributed by atoms with Crippen LogP contribution >= 0.6 is 12.6 Å². The van der Waals surface area contributed by atoms with Crippen molar-refractivity contribution in [1.29, 1.82) is 0 Å². The quantitative estimate of drug-likeness (QED) is 0.453. The zero-order valence-corrected chi connectivity index (χ0v) is 7.74. The summed E-state index contributed by atoms with van der Waals surface area (Å²) in [5.41, 5.74) is 5.38. The predicted molar refractivity (Wildman–Crippen MR) is 50.6 cm³/mol. The topological polar surface area (TPSA) is 26.0 Å². The minimum Gasteiger partial charge on any atom is -0.330 e. The molecule has 0 aromatic heterocycles. The lowest BCUT2D eigenvalue weighted by molar-refractivity contribution is 0.626. The molecule has 0 aromatic rings. The van der Waals surface area contributed by atoms with E-state index in [-0.39, 0.29) is 0 Å². The van der Waals surface area contributed by atoms with Crippen LogP contribution in [0.4, 0.5) is 0 Å². The molecule has 0 saturated heterocycles. The van der Waals surface area contributed by atoms with E-state index in [9.17, 15) is 0 Å². The molecule has 0 aliphatic heterocycles. The molecule has 0 spiro atoms. The summed E-state index contributed by atoms with van der Waals surface area (Å²) in [4.78, 5) is 0. The van der Waals surface area contributed by atoms with Gasteiger partial charge in [0, 0.05) is 5.25 Å². The van der Waals surface area contributed by atoms with Crippen LogP contribution in [-0.2, 0) is 0 Å². The highest BCUT2D eigenvalue weighted by Gasteiger charge is 1.99. The Bertz CT molecular complexity index is 66.3. The van der Waals surface area contributed by atoms with Crippen LogP contribution in [0.15, 0.2) is 0 Å². The van der Waals surface area contributed by atoms with Gasteiger partial charge in [0.1, 0.15) is 0 Å². The summed E-state index contributed by atoms with van der Waals surface area (Å²) < 4.78 is 0. The van der Waals surface area contributed by atoms with E-state index in [2.05, 4.69) is 19.6 Å². The first-order valence-electron chi connectivity index (χ1n) is 4.19. The van der Waals surface area contributed by atoms with Crippen LogP contribution in [-0.4, -0.2) is 11.8 Å². The van der Waals surface area contributed by atoms with E-state index in [1.54, 1.807) is 0 Å². The molecule has 0 aliphatic carbocycles. The molecule has 0 rings (SSSR count). The Balaban J connectivity index is 2.97. The first-order valence-corrected chi connectivity index (χ1v) is 4.71. The van der Waals surface area contributed by atoms with Crippen LogP contribution < -0.4 is 5.73 Å². The highest BCUT2D eigenvalue weighted by atomic mass is 32.1. The monoisotopic (exact) mass is 161 g/mol. The molecule has 1 nitrogen and oxygen atoms in total. The van der Waals surface area contributed by atoms with Crippen LogP contribution in [0.2, 0.25) is 0 Å². The normalized spacial score (nSPS) is 13.5. The number of thiol groups is 1. The fourth-order valence-electron chi connectivity index (χ4n) is 0.967. The number of hydrogen-bond acceptors (Lipinski definition) is 2. The van der Waals surface area contributed by atoms with Crippen molar-refractivity contribution in [3.8, 4) is 0 Å². The smallest absolute Gasteiger partial charge is 0.00288 e. The van der Waals surface area contributed by atoms with Gasteiger partial charge in [-0.3, -0.25) is 0 Å². The maximum atomic E-state index is 5.38. The first kappa shape index (κ1) is 10.3. The predicted octanol–water partition coefficient (Wildman–Crippen LogP) is 2.21. The average molecular weight is 161 g/mol. The lowest BCUT2D eigenvalue weighted by Gasteiger charge is -2.07. The molecule has 2 N–H and O–H groups in total. The van der Waals surface area contributed by atoms with Gasteiger partial charge in [-0.15, -0.1) is 0 Å². The van der Waals surface area contributed by atoms with E-state index >= 15 is 0 Å². The number of hydrogen-bond donors (Lipinski definition) is 2. The Kier molecular flexibility index (Phi) is 7.65. The lowest BCUT2D eigenvalue weighted by atomic mass is 10.1. The molecule has 0 radical (unpaired) electrons. The van der Waals surface area contributed by atoms with E-state index in [0.29, 0.717) is 5.25 Å². The molecule has 1 atom stereocenters. The zero-order valence-electron chi connectivity index (χ0n) is 6.84. The molecule has 62 valence electrons. The highest BCUT2D eigenvalue weighted by Crippen LogP contribution is 2.10. The lowest BCUT2D eigenvalue weighted by Crippen LogP contribution is -2.07. The van der Waals surface area contributed by atoms with Gasteiger partial charge in [0.2, 0.25) is 0 Å². The van der Waals surface area contributed by atoms with Gasteiger partial charge in [-0.05, 0) is 19.4 Å². The second-order valence-electron chi connectivity index (χ2n) is 2.73. The molecule has 0 amide bonds. The molecule has 2 heteroatoms. The van der Waals surface area contributed by atoms with Gasteiger partial charge in [0.25, 0.3) is 0 Å². The largest absolute Gasteiger partial charge is 0.330 e. The zero-order chi connectivity index (χ0) is 7.82. The van der Waals surface area contributed by atoms with Crippen molar-refractivity contribution in [1.82, 2.24) is 0 Å². The summed E-state index contributed by atoms with van der Waals surface area (Å²) in [7, 11) is 0. The minimum absolute atomic E-state index is 0.538. The van der Waals surface area contributed by atoms with Crippen LogP contribution in [0.1, 0.15) is 39.0 Å². The number of nitrogens with two attached hydrogens (primary N) is 1. The Morgan fingerprint density at radius 1 is 1.30 bits per heavy atom. The average Bonchev–Trinajstić information content (AvgIpc) is 1.89. The molecule has 1 unspecified atom stereocenters. The molecular weight excluding hydrogens is 142 g/mol. The van der Waals surface area contributed by atoms with Gasteiger partial charge in [0.05, 0.1) is 0 Å². The van der Waals surface area contributed by atoms with E-state index < -0.39 is 0 Å². The summed E-state index contributed by atoms with van der Waals surface area (Å²) in [6.07, 6.45) is 6.23.